The van der Waals surface area contributed by atoms with Crippen molar-refractivity contribution in [1.29, 1.82) is 0 Å². The number of aliphatic hydroxyl groups is 1. The summed E-state index contributed by atoms with van der Waals surface area (Å²) in [5.74, 6) is 0.210. The first-order valence-corrected chi connectivity index (χ1v) is 9.24. The smallest absolute Gasteiger partial charge is 0.238 e. The summed E-state index contributed by atoms with van der Waals surface area (Å²) in [6, 6.07) is 17.0. The summed E-state index contributed by atoms with van der Waals surface area (Å²) >= 11 is 0. The van der Waals surface area contributed by atoms with E-state index in [9.17, 15) is 9.00 Å². The second-order valence-electron chi connectivity index (χ2n) is 5.82. The minimum absolute atomic E-state index is 0.0114. The number of carbonyl (C=O) groups is 1. The molecule has 0 saturated carbocycles. The summed E-state index contributed by atoms with van der Waals surface area (Å²) in [6.07, 6.45) is 0. The highest BCUT2D eigenvalue weighted by atomic mass is 32.2. The Labute approximate surface area is 145 Å². The molecule has 1 N–H and O–H groups in total. The molecule has 1 amide bonds. The lowest BCUT2D eigenvalue weighted by atomic mass is 10.2. The number of carbonyl (C=O) groups excluding carboxylic acids is 1. The van der Waals surface area contributed by atoms with Crippen LogP contribution in [0, 0.1) is 0 Å². The van der Waals surface area contributed by atoms with Crippen LogP contribution in [0.3, 0.4) is 0 Å². The van der Waals surface area contributed by atoms with Crippen molar-refractivity contribution in [3.63, 3.8) is 0 Å². The van der Waals surface area contributed by atoms with Crippen LogP contribution in [0.15, 0.2) is 54.6 Å². The minimum atomic E-state index is -1.29. The predicted molar refractivity (Wildman–Crippen MR) is 96.6 cm³/mol. The Balaban J connectivity index is 1.94. The van der Waals surface area contributed by atoms with Crippen molar-refractivity contribution in [2.75, 3.05) is 7.05 Å². The highest BCUT2D eigenvalue weighted by Gasteiger charge is 2.23. The van der Waals surface area contributed by atoms with Crippen LogP contribution >= 0.6 is 0 Å². The molecule has 2 atom stereocenters. The maximum absolute atomic E-state index is 12.5. The molecule has 2 rings (SSSR count). The molecule has 0 fully saturated rings. The second-order valence-corrected chi connectivity index (χ2v) is 7.58. The van der Waals surface area contributed by atoms with Gasteiger partial charge in [0, 0.05) is 30.1 Å². The molecule has 2 aromatic rings. The van der Waals surface area contributed by atoms with Crippen molar-refractivity contribution < 1.29 is 14.1 Å². The van der Waals surface area contributed by atoms with Crippen LogP contribution in [0.25, 0.3) is 0 Å². The van der Waals surface area contributed by atoms with Gasteiger partial charge in [-0.2, -0.15) is 0 Å². The van der Waals surface area contributed by atoms with Gasteiger partial charge in [0.25, 0.3) is 0 Å². The molecule has 0 spiro atoms. The molecule has 2 aromatic carbocycles. The van der Waals surface area contributed by atoms with Crippen molar-refractivity contribution >= 4 is 16.7 Å². The highest BCUT2D eigenvalue weighted by Crippen LogP contribution is 2.12. The van der Waals surface area contributed by atoms with Crippen LogP contribution < -0.4 is 0 Å². The van der Waals surface area contributed by atoms with Crippen molar-refractivity contribution in [2.45, 2.75) is 31.1 Å². The van der Waals surface area contributed by atoms with Gasteiger partial charge in [0.15, 0.2) is 0 Å². The zero-order chi connectivity index (χ0) is 17.5. The summed E-state index contributed by atoms with van der Waals surface area (Å²) < 4.78 is 12.5. The van der Waals surface area contributed by atoms with E-state index >= 15 is 0 Å². The number of amides is 1. The molecule has 24 heavy (non-hydrogen) atoms. The molecular formula is C19H23NO3S. The topological polar surface area (TPSA) is 57.6 Å². The third-order valence-electron chi connectivity index (χ3n) is 3.90. The molecule has 2 unspecified atom stereocenters. The zero-order valence-electron chi connectivity index (χ0n) is 14.0. The Morgan fingerprint density at radius 2 is 1.62 bits per heavy atom. The number of rotatable bonds is 7. The van der Waals surface area contributed by atoms with Crippen molar-refractivity contribution in [3.8, 4) is 0 Å². The summed E-state index contributed by atoms with van der Waals surface area (Å²) in [6.45, 7) is 2.21. The quantitative estimate of drug-likeness (QED) is 0.839. The van der Waals surface area contributed by atoms with E-state index in [1.54, 1.807) is 31.0 Å². The van der Waals surface area contributed by atoms with Crippen molar-refractivity contribution in [3.05, 3.63) is 71.3 Å². The normalized spacial score (nSPS) is 13.3. The highest BCUT2D eigenvalue weighted by molar-refractivity contribution is 7.85. The summed E-state index contributed by atoms with van der Waals surface area (Å²) in [5.41, 5.74) is 2.76. The molecule has 5 heteroatoms. The van der Waals surface area contributed by atoms with Gasteiger partial charge in [0.05, 0.1) is 6.61 Å². The Morgan fingerprint density at radius 1 is 1.04 bits per heavy atom. The number of hydrogen-bond acceptors (Lipinski definition) is 3. The SMILES string of the molecule is CC(C(=O)N(C)Cc1ccccc1)S(=O)Cc1ccc(CO)cc1. The van der Waals surface area contributed by atoms with Crippen molar-refractivity contribution in [1.82, 2.24) is 4.90 Å². The average molecular weight is 345 g/mol. The Kier molecular flexibility index (Phi) is 6.70. The third kappa shape index (κ3) is 5.01. The van der Waals surface area contributed by atoms with Crippen LogP contribution in [0.5, 0.6) is 0 Å². The molecule has 0 heterocycles. The van der Waals surface area contributed by atoms with Gasteiger partial charge in [0.1, 0.15) is 5.25 Å². The van der Waals surface area contributed by atoms with Gasteiger partial charge in [-0.3, -0.25) is 9.00 Å². The summed E-state index contributed by atoms with van der Waals surface area (Å²) in [7, 11) is 0.449. The Hall–Kier alpha value is -1.98. The number of aliphatic hydroxyl groups excluding tert-OH is 1. The molecule has 4 nitrogen and oxygen atoms in total. The number of benzene rings is 2. The first kappa shape index (κ1) is 18.4. The summed E-state index contributed by atoms with van der Waals surface area (Å²) in [4.78, 5) is 14.1. The molecule has 0 aromatic heterocycles. The largest absolute Gasteiger partial charge is 0.392 e. The molecule has 0 bridgehead atoms. The molecule has 128 valence electrons. The monoisotopic (exact) mass is 345 g/mol. The van der Waals surface area contributed by atoms with Gasteiger partial charge in [-0.25, -0.2) is 0 Å². The number of nitrogens with zero attached hydrogens (tertiary/aromatic N) is 1. The first-order chi connectivity index (χ1) is 11.5. The van der Waals surface area contributed by atoms with Crippen LogP contribution in [0.1, 0.15) is 23.6 Å². The lowest BCUT2D eigenvalue weighted by Gasteiger charge is -2.21. The van der Waals surface area contributed by atoms with Gasteiger partial charge in [-0.05, 0) is 23.6 Å². The van der Waals surface area contributed by atoms with Crippen LogP contribution in [-0.2, 0) is 34.5 Å². The standard InChI is InChI=1S/C19H23NO3S/c1-15(19(22)20(2)12-16-6-4-3-5-7-16)24(23)14-18-10-8-17(13-21)9-11-18/h3-11,15,21H,12-14H2,1-2H3. The lowest BCUT2D eigenvalue weighted by molar-refractivity contribution is -0.129. The van der Waals surface area contributed by atoms with Crippen LogP contribution in [-0.4, -0.2) is 32.4 Å². The van der Waals surface area contributed by atoms with E-state index in [1.165, 1.54) is 0 Å². The maximum Gasteiger partial charge on any atom is 0.238 e. The van der Waals surface area contributed by atoms with E-state index in [0.29, 0.717) is 12.3 Å². The van der Waals surface area contributed by atoms with E-state index in [4.69, 9.17) is 5.11 Å². The van der Waals surface area contributed by atoms with Crippen molar-refractivity contribution in [2.24, 2.45) is 0 Å². The zero-order valence-corrected chi connectivity index (χ0v) is 14.8. The molecule has 0 radical (unpaired) electrons. The third-order valence-corrected chi connectivity index (χ3v) is 5.50. The van der Waals surface area contributed by atoms with Crippen LogP contribution in [0.2, 0.25) is 0 Å². The molecule has 0 aliphatic heterocycles. The first-order valence-electron chi connectivity index (χ1n) is 7.86. The van der Waals surface area contributed by atoms with Gasteiger partial charge in [-0.1, -0.05) is 54.6 Å². The second kappa shape index (κ2) is 8.76. The molecular weight excluding hydrogens is 322 g/mol. The van der Waals surface area contributed by atoms with Gasteiger partial charge in [-0.15, -0.1) is 0 Å². The molecule has 0 aliphatic carbocycles. The fourth-order valence-corrected chi connectivity index (χ4v) is 3.56. The van der Waals surface area contributed by atoms with Crippen LogP contribution in [0.4, 0.5) is 0 Å². The van der Waals surface area contributed by atoms with Gasteiger partial charge in [0.2, 0.25) is 5.91 Å². The van der Waals surface area contributed by atoms with E-state index in [1.807, 2.05) is 42.5 Å². The number of hydrogen-bond donors (Lipinski definition) is 1. The Bertz CT molecular complexity index is 686. The van der Waals surface area contributed by atoms with E-state index in [2.05, 4.69) is 0 Å². The van der Waals surface area contributed by atoms with E-state index in [0.717, 1.165) is 16.7 Å². The van der Waals surface area contributed by atoms with E-state index < -0.39 is 16.0 Å². The maximum atomic E-state index is 12.5. The molecule has 0 aliphatic rings. The summed E-state index contributed by atoms with van der Waals surface area (Å²) in [5, 5.41) is 8.48. The van der Waals surface area contributed by atoms with E-state index in [-0.39, 0.29) is 12.5 Å². The predicted octanol–water partition coefficient (Wildman–Crippen LogP) is 2.47. The minimum Gasteiger partial charge on any atom is -0.392 e. The van der Waals surface area contributed by atoms with Gasteiger partial charge < -0.3 is 10.0 Å². The fraction of sp³-hybridized carbons (Fsp3) is 0.316. The Morgan fingerprint density at radius 3 is 2.21 bits per heavy atom. The average Bonchev–Trinajstić information content (AvgIpc) is 2.61. The molecule has 0 saturated heterocycles. The van der Waals surface area contributed by atoms with Gasteiger partial charge >= 0.3 is 0 Å². The lowest BCUT2D eigenvalue weighted by Crippen LogP contribution is -2.37. The fourth-order valence-electron chi connectivity index (χ4n) is 2.39.